The highest BCUT2D eigenvalue weighted by Gasteiger charge is 2.17. The van der Waals surface area contributed by atoms with Crippen LogP contribution in [0, 0.1) is 0 Å². The first-order valence-corrected chi connectivity index (χ1v) is 13.5. The Bertz CT molecular complexity index is 1500. The molecule has 1 aliphatic rings. The van der Waals surface area contributed by atoms with Crippen LogP contribution in [0.4, 0.5) is 5.69 Å². The summed E-state index contributed by atoms with van der Waals surface area (Å²) < 4.78 is 1.63. The molecule has 1 aliphatic heterocycles. The third kappa shape index (κ3) is 5.95. The van der Waals surface area contributed by atoms with Crippen LogP contribution in [0.2, 0.25) is 5.02 Å². The summed E-state index contributed by atoms with van der Waals surface area (Å²) in [6, 6.07) is 16.6. The molecule has 0 aliphatic carbocycles. The Morgan fingerprint density at radius 2 is 1.78 bits per heavy atom. The zero-order chi connectivity index (χ0) is 25.8. The monoisotopic (exact) mass is 537 g/mol. The molecule has 0 unspecified atom stereocenters. The number of fused-ring (bicyclic) bond motifs is 1. The Morgan fingerprint density at radius 1 is 1.00 bits per heavy atom. The van der Waals surface area contributed by atoms with Gasteiger partial charge in [0.05, 0.1) is 17.6 Å². The zero-order valence-corrected chi connectivity index (χ0v) is 21.9. The van der Waals surface area contributed by atoms with Crippen LogP contribution in [-0.2, 0) is 11.2 Å². The van der Waals surface area contributed by atoms with Crippen molar-refractivity contribution >= 4 is 44.7 Å². The lowest BCUT2D eigenvalue weighted by Gasteiger charge is -2.36. The van der Waals surface area contributed by atoms with E-state index in [-0.39, 0.29) is 17.9 Å². The molecule has 1 saturated heterocycles. The first-order valence-electron chi connectivity index (χ1n) is 12.3. The molecule has 0 bridgehead atoms. The van der Waals surface area contributed by atoms with E-state index in [1.807, 2.05) is 18.2 Å². The van der Waals surface area contributed by atoms with Crippen LogP contribution in [0.5, 0.6) is 0 Å². The minimum absolute atomic E-state index is 0.0476. The maximum atomic E-state index is 12.7. The number of thiophene rings is 1. The number of benzene rings is 2. The number of carbonyl (C=O) groups is 1. The summed E-state index contributed by atoms with van der Waals surface area (Å²) in [5.74, 6) is -0.0476. The molecule has 3 heterocycles. The molecular weight excluding hydrogens is 510 g/mol. The second kappa shape index (κ2) is 11.3. The Balaban J connectivity index is 1.06. The molecule has 1 fully saturated rings. The molecule has 0 radical (unpaired) electrons. The van der Waals surface area contributed by atoms with Gasteiger partial charge in [-0.2, -0.15) is 0 Å². The van der Waals surface area contributed by atoms with E-state index in [4.69, 9.17) is 11.6 Å². The minimum Gasteiger partial charge on any atom is -0.369 e. The number of amides is 1. The maximum absolute atomic E-state index is 12.7. The van der Waals surface area contributed by atoms with Crippen LogP contribution in [0.15, 0.2) is 69.6 Å². The van der Waals surface area contributed by atoms with E-state index < -0.39 is 5.69 Å². The van der Waals surface area contributed by atoms with Crippen molar-refractivity contribution in [1.29, 1.82) is 0 Å². The van der Waals surface area contributed by atoms with Gasteiger partial charge in [0.25, 0.3) is 5.56 Å². The van der Waals surface area contributed by atoms with Gasteiger partial charge in [-0.3, -0.25) is 14.5 Å². The summed E-state index contributed by atoms with van der Waals surface area (Å²) in [7, 11) is 0. The largest absolute Gasteiger partial charge is 0.369 e. The van der Waals surface area contributed by atoms with E-state index in [1.165, 1.54) is 11.3 Å². The molecule has 5 rings (SSSR count). The van der Waals surface area contributed by atoms with Gasteiger partial charge in [-0.25, -0.2) is 9.36 Å². The number of aromatic nitrogens is 2. The number of aromatic amines is 1. The molecular formula is C27H28ClN5O3S. The average Bonchev–Trinajstić information content (AvgIpc) is 3.37. The number of hydrogen-bond donors (Lipinski definition) is 2. The van der Waals surface area contributed by atoms with Gasteiger partial charge in [0.15, 0.2) is 0 Å². The van der Waals surface area contributed by atoms with Crippen LogP contribution >= 0.6 is 22.9 Å². The zero-order valence-electron chi connectivity index (χ0n) is 20.3. The predicted molar refractivity (Wildman–Crippen MR) is 149 cm³/mol. The van der Waals surface area contributed by atoms with E-state index in [0.717, 1.165) is 60.0 Å². The summed E-state index contributed by atoms with van der Waals surface area (Å²) in [5.41, 5.74) is 2.18. The molecule has 0 saturated carbocycles. The van der Waals surface area contributed by atoms with Crippen LogP contribution in [-0.4, -0.2) is 59.6 Å². The molecule has 192 valence electrons. The highest BCUT2D eigenvalue weighted by molar-refractivity contribution is 7.17. The molecule has 2 N–H and O–H groups in total. The molecule has 2 aromatic heterocycles. The highest BCUT2D eigenvalue weighted by atomic mass is 35.5. The lowest BCUT2D eigenvalue weighted by molar-refractivity contribution is -0.120. The lowest BCUT2D eigenvalue weighted by atomic mass is 10.1. The van der Waals surface area contributed by atoms with E-state index >= 15 is 0 Å². The average molecular weight is 538 g/mol. The molecule has 1 amide bonds. The number of piperazine rings is 1. The van der Waals surface area contributed by atoms with Gasteiger partial charge < -0.3 is 15.2 Å². The summed E-state index contributed by atoms with van der Waals surface area (Å²) >= 11 is 7.41. The number of carbonyl (C=O) groups excluding carboxylic acids is 1. The second-order valence-corrected chi connectivity index (χ2v) is 10.4. The fraction of sp³-hybridized carbons (Fsp3) is 0.296. The first-order chi connectivity index (χ1) is 18.0. The molecule has 2 aromatic carbocycles. The standard InChI is InChI=1S/C27H28ClN5O3S/c28-20-3-1-4-22(18-20)32-14-12-31(13-15-32)11-2-10-29-24(34)17-19-5-7-21(8-6-19)33-26(35)25-23(9-16-37-25)30-27(33)36/h1,3-9,16,18H,2,10-15,17H2,(H,29,34)(H,30,36). The van der Waals surface area contributed by atoms with Gasteiger partial charge in [0.1, 0.15) is 4.70 Å². The highest BCUT2D eigenvalue weighted by Crippen LogP contribution is 2.21. The van der Waals surface area contributed by atoms with Crippen molar-refractivity contribution in [2.24, 2.45) is 0 Å². The van der Waals surface area contributed by atoms with Crippen molar-refractivity contribution < 1.29 is 4.79 Å². The van der Waals surface area contributed by atoms with Gasteiger partial charge in [-0.15, -0.1) is 11.3 Å². The summed E-state index contributed by atoms with van der Waals surface area (Å²) in [5, 5.41) is 5.53. The molecule has 8 nitrogen and oxygen atoms in total. The van der Waals surface area contributed by atoms with Crippen molar-refractivity contribution in [3.8, 4) is 5.69 Å². The normalized spacial score (nSPS) is 14.2. The quantitative estimate of drug-likeness (QED) is 0.337. The fourth-order valence-electron chi connectivity index (χ4n) is 4.62. The van der Waals surface area contributed by atoms with Crippen LogP contribution in [0.1, 0.15) is 12.0 Å². The summed E-state index contributed by atoms with van der Waals surface area (Å²) in [6.07, 6.45) is 1.13. The molecule has 37 heavy (non-hydrogen) atoms. The minimum atomic E-state index is -0.479. The van der Waals surface area contributed by atoms with Gasteiger partial charge >= 0.3 is 5.69 Å². The predicted octanol–water partition coefficient (Wildman–Crippen LogP) is 3.26. The number of rotatable bonds is 8. The first kappa shape index (κ1) is 25.3. The Hall–Kier alpha value is -3.40. The van der Waals surface area contributed by atoms with E-state index in [1.54, 1.807) is 35.7 Å². The van der Waals surface area contributed by atoms with Gasteiger partial charge in [0, 0.05) is 43.4 Å². The van der Waals surface area contributed by atoms with Crippen molar-refractivity contribution in [1.82, 2.24) is 19.8 Å². The third-order valence-corrected chi connectivity index (χ3v) is 7.72. The van der Waals surface area contributed by atoms with E-state index in [0.29, 0.717) is 22.4 Å². The van der Waals surface area contributed by atoms with E-state index in [9.17, 15) is 14.4 Å². The summed E-state index contributed by atoms with van der Waals surface area (Å²) in [6.45, 7) is 5.45. The number of halogens is 1. The molecule has 0 spiro atoms. The van der Waals surface area contributed by atoms with Crippen molar-refractivity contribution in [2.45, 2.75) is 12.8 Å². The fourth-order valence-corrected chi connectivity index (χ4v) is 5.58. The Labute approximate surface area is 223 Å². The number of nitrogens with one attached hydrogen (secondary N) is 2. The van der Waals surface area contributed by atoms with Crippen LogP contribution in [0.25, 0.3) is 15.9 Å². The maximum Gasteiger partial charge on any atom is 0.333 e. The van der Waals surface area contributed by atoms with Crippen LogP contribution in [0.3, 0.4) is 0 Å². The van der Waals surface area contributed by atoms with Gasteiger partial charge in [0.2, 0.25) is 5.91 Å². The summed E-state index contributed by atoms with van der Waals surface area (Å²) in [4.78, 5) is 45.0. The second-order valence-electron chi connectivity index (χ2n) is 9.09. The lowest BCUT2D eigenvalue weighted by Crippen LogP contribution is -2.47. The van der Waals surface area contributed by atoms with Crippen molar-refractivity contribution in [3.63, 3.8) is 0 Å². The van der Waals surface area contributed by atoms with Gasteiger partial charge in [-0.1, -0.05) is 29.8 Å². The third-order valence-electron chi connectivity index (χ3n) is 6.59. The molecule has 4 aromatic rings. The topological polar surface area (TPSA) is 90.4 Å². The number of H-pyrrole nitrogens is 1. The van der Waals surface area contributed by atoms with Gasteiger partial charge in [-0.05, 0) is 60.3 Å². The van der Waals surface area contributed by atoms with Crippen molar-refractivity contribution in [3.05, 3.63) is 91.4 Å². The number of nitrogens with zero attached hydrogens (tertiary/aromatic N) is 3. The SMILES string of the molecule is O=C(Cc1ccc(-n2c(=O)[nH]c3ccsc3c2=O)cc1)NCCCN1CCN(c2cccc(Cl)c2)CC1. The molecule has 10 heteroatoms. The van der Waals surface area contributed by atoms with Crippen LogP contribution < -0.4 is 21.5 Å². The van der Waals surface area contributed by atoms with Crippen molar-refractivity contribution in [2.75, 3.05) is 44.2 Å². The Kier molecular flexibility index (Phi) is 7.73. The number of hydrogen-bond acceptors (Lipinski definition) is 6. The number of anilines is 1. The molecule has 0 atom stereocenters. The van der Waals surface area contributed by atoms with E-state index in [2.05, 4.69) is 26.2 Å². The Morgan fingerprint density at radius 3 is 2.54 bits per heavy atom. The smallest absolute Gasteiger partial charge is 0.333 e.